The van der Waals surface area contributed by atoms with E-state index in [4.69, 9.17) is 0 Å². The van der Waals surface area contributed by atoms with Gasteiger partial charge in [-0.05, 0) is 16.8 Å². The molecule has 2 nitrogen and oxygen atoms in total. The summed E-state index contributed by atoms with van der Waals surface area (Å²) in [6.45, 7) is 0.365. The third-order valence-corrected chi connectivity index (χ3v) is 3.29. The molecule has 0 radical (unpaired) electrons. The van der Waals surface area contributed by atoms with Gasteiger partial charge in [-0.3, -0.25) is 0 Å². The Morgan fingerprint density at radius 1 is 0.800 bits per heavy atom. The first-order chi connectivity index (χ1) is 9.83. The molecule has 0 unspecified atom stereocenters. The van der Waals surface area contributed by atoms with Gasteiger partial charge in [0.15, 0.2) is 12.8 Å². The summed E-state index contributed by atoms with van der Waals surface area (Å²) < 4.78 is 0.983. The van der Waals surface area contributed by atoms with Gasteiger partial charge in [-0.2, -0.15) is 0 Å². The van der Waals surface area contributed by atoms with Crippen molar-refractivity contribution in [1.82, 2.24) is 0 Å². The van der Waals surface area contributed by atoms with Crippen molar-refractivity contribution in [2.24, 2.45) is 0 Å². The highest BCUT2D eigenvalue weighted by atomic mass is 16.5. The maximum Gasteiger partial charge on any atom is 0.182 e. The van der Waals surface area contributed by atoms with Gasteiger partial charge in [0, 0.05) is 11.1 Å². The molecule has 0 fully saturated rings. The summed E-state index contributed by atoms with van der Waals surface area (Å²) in [5.74, 6) is 0. The zero-order valence-corrected chi connectivity index (χ0v) is 11.1. The second-order valence-electron chi connectivity index (χ2n) is 4.76. The molecule has 0 aromatic heterocycles. The van der Waals surface area contributed by atoms with Crippen LogP contribution in [-0.4, -0.2) is 11.0 Å². The van der Waals surface area contributed by atoms with Crippen molar-refractivity contribution in [1.29, 1.82) is 0 Å². The molecule has 0 N–H and O–H groups in total. The fourth-order valence-electron chi connectivity index (χ4n) is 2.33. The fraction of sp³-hybridized carbons (Fsp3) is 0.0556. The third kappa shape index (κ3) is 2.69. The first kappa shape index (κ1) is 12.4. The first-order valence-corrected chi connectivity index (χ1v) is 6.63. The number of fused-ring (bicyclic) bond motifs is 1. The topological polar surface area (TPSA) is 26.1 Å². The summed E-state index contributed by atoms with van der Waals surface area (Å²) in [6, 6.07) is 23.9. The Labute approximate surface area is 118 Å². The van der Waals surface area contributed by atoms with E-state index in [1.54, 1.807) is 6.21 Å². The number of hydroxylamine groups is 1. The Hall–Kier alpha value is -2.61. The SMILES string of the molecule is [O-]/[N+](=C\c1cccc2ccccc12)Cc1ccccc1. The van der Waals surface area contributed by atoms with Gasteiger partial charge in [0.05, 0.1) is 0 Å². The predicted octanol–water partition coefficient (Wildman–Crippen LogP) is 3.97. The summed E-state index contributed by atoms with van der Waals surface area (Å²) in [5, 5.41) is 14.3. The van der Waals surface area contributed by atoms with E-state index in [9.17, 15) is 5.21 Å². The monoisotopic (exact) mass is 261 g/mol. The Morgan fingerprint density at radius 2 is 1.50 bits per heavy atom. The summed E-state index contributed by atoms with van der Waals surface area (Å²) >= 11 is 0. The Bertz CT molecular complexity index is 742. The molecule has 3 aromatic rings. The van der Waals surface area contributed by atoms with E-state index < -0.39 is 0 Å². The lowest BCUT2D eigenvalue weighted by atomic mass is 10.1. The van der Waals surface area contributed by atoms with Gasteiger partial charge in [-0.1, -0.05) is 66.7 Å². The molecule has 20 heavy (non-hydrogen) atoms. The minimum Gasteiger partial charge on any atom is -0.624 e. The average molecular weight is 261 g/mol. The number of hydrogen-bond donors (Lipinski definition) is 0. The van der Waals surface area contributed by atoms with Crippen molar-refractivity contribution in [2.45, 2.75) is 6.54 Å². The lowest BCUT2D eigenvalue weighted by Gasteiger charge is -2.05. The molecule has 0 aliphatic rings. The second-order valence-corrected chi connectivity index (χ2v) is 4.76. The van der Waals surface area contributed by atoms with Crippen molar-refractivity contribution in [3.63, 3.8) is 0 Å². The molecule has 0 heterocycles. The van der Waals surface area contributed by atoms with Crippen LogP contribution in [0.5, 0.6) is 0 Å². The largest absolute Gasteiger partial charge is 0.624 e. The predicted molar refractivity (Wildman–Crippen MR) is 82.9 cm³/mol. The molecule has 0 saturated heterocycles. The quantitative estimate of drug-likeness (QED) is 0.303. The smallest absolute Gasteiger partial charge is 0.182 e. The molecule has 3 aromatic carbocycles. The minimum atomic E-state index is 0.365. The van der Waals surface area contributed by atoms with Crippen LogP contribution in [0, 0.1) is 5.21 Å². The maximum absolute atomic E-state index is 12.1. The molecule has 0 spiro atoms. The molecule has 2 heteroatoms. The highest BCUT2D eigenvalue weighted by Crippen LogP contribution is 2.16. The lowest BCUT2D eigenvalue weighted by Crippen LogP contribution is -2.05. The average Bonchev–Trinajstić information content (AvgIpc) is 2.48. The third-order valence-electron chi connectivity index (χ3n) is 3.29. The maximum atomic E-state index is 12.1. The number of nitrogens with zero attached hydrogens (tertiary/aromatic N) is 1. The summed E-state index contributed by atoms with van der Waals surface area (Å²) in [7, 11) is 0. The van der Waals surface area contributed by atoms with Crippen LogP contribution in [0.4, 0.5) is 0 Å². The van der Waals surface area contributed by atoms with E-state index in [-0.39, 0.29) is 0 Å². The van der Waals surface area contributed by atoms with Crippen LogP contribution in [0.1, 0.15) is 11.1 Å². The Kier molecular flexibility index (Phi) is 3.46. The molecule has 0 atom stereocenters. The van der Waals surface area contributed by atoms with E-state index >= 15 is 0 Å². The molecule has 98 valence electrons. The lowest BCUT2D eigenvalue weighted by molar-refractivity contribution is -0.469. The van der Waals surface area contributed by atoms with E-state index in [0.717, 1.165) is 26.6 Å². The molecule has 0 aliphatic heterocycles. The van der Waals surface area contributed by atoms with Crippen molar-refractivity contribution in [2.75, 3.05) is 0 Å². The van der Waals surface area contributed by atoms with Crippen LogP contribution in [0.15, 0.2) is 72.8 Å². The van der Waals surface area contributed by atoms with Gasteiger partial charge in [0.25, 0.3) is 0 Å². The van der Waals surface area contributed by atoms with Crippen LogP contribution in [0.3, 0.4) is 0 Å². The van der Waals surface area contributed by atoms with Gasteiger partial charge in [0.2, 0.25) is 0 Å². The number of benzene rings is 3. The van der Waals surface area contributed by atoms with Crippen LogP contribution in [0.2, 0.25) is 0 Å². The summed E-state index contributed by atoms with van der Waals surface area (Å²) in [4.78, 5) is 0. The molecular formula is C18H15NO. The first-order valence-electron chi connectivity index (χ1n) is 6.63. The van der Waals surface area contributed by atoms with Crippen LogP contribution in [-0.2, 0) is 6.54 Å². The molecular weight excluding hydrogens is 246 g/mol. The minimum absolute atomic E-state index is 0.365. The van der Waals surface area contributed by atoms with Crippen molar-refractivity contribution >= 4 is 17.0 Å². The highest BCUT2D eigenvalue weighted by molar-refractivity contribution is 5.98. The van der Waals surface area contributed by atoms with E-state index in [1.807, 2.05) is 60.7 Å². The summed E-state index contributed by atoms with van der Waals surface area (Å²) in [6.07, 6.45) is 1.66. The zero-order valence-electron chi connectivity index (χ0n) is 11.1. The van der Waals surface area contributed by atoms with Crippen molar-refractivity contribution in [3.05, 3.63) is 89.1 Å². The highest BCUT2D eigenvalue weighted by Gasteiger charge is 2.02. The van der Waals surface area contributed by atoms with Gasteiger partial charge in [-0.25, -0.2) is 4.74 Å². The Morgan fingerprint density at radius 3 is 2.35 bits per heavy atom. The standard InChI is InChI=1S/C18H15NO/c20-19(13-15-7-2-1-3-8-15)14-17-11-6-10-16-9-4-5-12-18(16)17/h1-12,14H,13H2/b19-14-. The van der Waals surface area contributed by atoms with Crippen LogP contribution < -0.4 is 0 Å². The van der Waals surface area contributed by atoms with E-state index in [1.165, 1.54) is 0 Å². The number of rotatable bonds is 3. The number of hydrogen-bond acceptors (Lipinski definition) is 1. The molecule has 0 amide bonds. The zero-order chi connectivity index (χ0) is 13.8. The van der Waals surface area contributed by atoms with E-state index in [0.29, 0.717) is 6.54 Å². The molecule has 0 saturated carbocycles. The van der Waals surface area contributed by atoms with Crippen molar-refractivity contribution < 1.29 is 4.74 Å². The van der Waals surface area contributed by atoms with Crippen LogP contribution in [0.25, 0.3) is 10.8 Å². The molecule has 0 bridgehead atoms. The second kappa shape index (κ2) is 5.57. The van der Waals surface area contributed by atoms with Gasteiger partial charge < -0.3 is 5.21 Å². The van der Waals surface area contributed by atoms with Gasteiger partial charge in [-0.15, -0.1) is 0 Å². The van der Waals surface area contributed by atoms with Crippen LogP contribution >= 0.6 is 0 Å². The Balaban J connectivity index is 1.93. The molecule has 3 rings (SSSR count). The van der Waals surface area contributed by atoms with Crippen molar-refractivity contribution in [3.8, 4) is 0 Å². The van der Waals surface area contributed by atoms with Gasteiger partial charge >= 0.3 is 0 Å². The molecule has 0 aliphatic carbocycles. The van der Waals surface area contributed by atoms with Gasteiger partial charge in [0.1, 0.15) is 0 Å². The fourth-order valence-corrected chi connectivity index (χ4v) is 2.33. The normalized spacial score (nSPS) is 11.7. The summed E-state index contributed by atoms with van der Waals surface area (Å²) in [5.41, 5.74) is 1.97. The van der Waals surface area contributed by atoms with E-state index in [2.05, 4.69) is 12.1 Å².